The average Bonchev–Trinajstić information content (AvgIpc) is 3.34. The molecule has 1 saturated heterocycles. The molecule has 0 saturated carbocycles. The Morgan fingerprint density at radius 1 is 1.00 bits per heavy atom. The van der Waals surface area contributed by atoms with Crippen LogP contribution in [0, 0.1) is 0 Å². The molecule has 2 heterocycles. The summed E-state index contributed by atoms with van der Waals surface area (Å²) in [5.74, 6) is 2.72. The fourth-order valence-corrected chi connectivity index (χ4v) is 3.90. The number of carbonyl (C=O) groups excluding carboxylic acids is 1. The van der Waals surface area contributed by atoms with Gasteiger partial charge in [0.1, 0.15) is 17.2 Å². The Balaban J connectivity index is 1.42. The molecule has 8 heteroatoms. The van der Waals surface area contributed by atoms with E-state index in [0.29, 0.717) is 23.6 Å². The molecule has 1 aliphatic heterocycles. The Morgan fingerprint density at radius 2 is 1.69 bits per heavy atom. The summed E-state index contributed by atoms with van der Waals surface area (Å²) in [6.07, 6.45) is 1.89. The highest BCUT2D eigenvalue weighted by molar-refractivity contribution is 5.95. The number of carbonyl (C=O) groups is 1. The molecule has 2 N–H and O–H groups in total. The van der Waals surface area contributed by atoms with Gasteiger partial charge in [-0.25, -0.2) is 0 Å². The highest BCUT2D eigenvalue weighted by Gasteiger charge is 2.24. The van der Waals surface area contributed by atoms with E-state index in [0.717, 1.165) is 42.2 Å². The summed E-state index contributed by atoms with van der Waals surface area (Å²) in [6.45, 7) is 1.59. The predicted molar refractivity (Wildman–Crippen MR) is 123 cm³/mol. The van der Waals surface area contributed by atoms with Gasteiger partial charge in [-0.2, -0.15) is 5.10 Å². The molecular formula is C24H28N4O4. The summed E-state index contributed by atoms with van der Waals surface area (Å²) in [5.41, 5.74) is 2.50. The SMILES string of the molecule is COc1ccc(-c2cc(N3CCCC(NC(=O)c4cc(OC)cc(OC)c4)C3)n[nH]2)cc1. The van der Waals surface area contributed by atoms with Gasteiger partial charge in [-0.3, -0.25) is 9.89 Å². The van der Waals surface area contributed by atoms with Crippen molar-refractivity contribution in [1.29, 1.82) is 0 Å². The lowest BCUT2D eigenvalue weighted by atomic mass is 10.0. The van der Waals surface area contributed by atoms with Crippen molar-refractivity contribution in [2.75, 3.05) is 39.3 Å². The van der Waals surface area contributed by atoms with E-state index in [-0.39, 0.29) is 11.9 Å². The summed E-state index contributed by atoms with van der Waals surface area (Å²) in [5, 5.41) is 10.8. The van der Waals surface area contributed by atoms with Gasteiger partial charge < -0.3 is 24.4 Å². The zero-order valence-electron chi connectivity index (χ0n) is 18.6. The van der Waals surface area contributed by atoms with Gasteiger partial charge in [0.25, 0.3) is 5.91 Å². The van der Waals surface area contributed by atoms with Crippen LogP contribution in [0.3, 0.4) is 0 Å². The van der Waals surface area contributed by atoms with Gasteiger partial charge in [0.05, 0.1) is 27.0 Å². The maximum Gasteiger partial charge on any atom is 0.251 e. The minimum Gasteiger partial charge on any atom is -0.497 e. The van der Waals surface area contributed by atoms with Gasteiger partial charge in [0, 0.05) is 36.8 Å². The number of nitrogens with one attached hydrogen (secondary N) is 2. The smallest absolute Gasteiger partial charge is 0.251 e. The number of nitrogens with zero attached hydrogens (tertiary/aromatic N) is 2. The maximum atomic E-state index is 12.9. The number of hydrogen-bond donors (Lipinski definition) is 2. The van der Waals surface area contributed by atoms with Crippen molar-refractivity contribution < 1.29 is 19.0 Å². The Hall–Kier alpha value is -3.68. The zero-order chi connectivity index (χ0) is 22.5. The largest absolute Gasteiger partial charge is 0.497 e. The van der Waals surface area contributed by atoms with Gasteiger partial charge in [0.2, 0.25) is 0 Å². The zero-order valence-corrected chi connectivity index (χ0v) is 18.6. The number of aromatic nitrogens is 2. The predicted octanol–water partition coefficient (Wildman–Crippen LogP) is 3.50. The summed E-state index contributed by atoms with van der Waals surface area (Å²) >= 11 is 0. The molecule has 0 aliphatic carbocycles. The number of ether oxygens (including phenoxy) is 3. The first kappa shape index (κ1) is 21.5. The Kier molecular flexibility index (Phi) is 6.49. The number of aromatic amines is 1. The van der Waals surface area contributed by atoms with E-state index in [1.807, 2.05) is 30.3 Å². The molecule has 1 atom stereocenters. The molecule has 4 rings (SSSR count). The molecule has 1 amide bonds. The lowest BCUT2D eigenvalue weighted by Crippen LogP contribution is -2.48. The highest BCUT2D eigenvalue weighted by Crippen LogP contribution is 2.26. The monoisotopic (exact) mass is 436 g/mol. The van der Waals surface area contributed by atoms with Crippen molar-refractivity contribution in [2.24, 2.45) is 0 Å². The number of benzene rings is 2. The Bertz CT molecular complexity index is 1040. The number of amides is 1. The van der Waals surface area contributed by atoms with Crippen LogP contribution >= 0.6 is 0 Å². The molecule has 1 aromatic heterocycles. The summed E-state index contributed by atoms with van der Waals surface area (Å²) in [7, 11) is 4.79. The average molecular weight is 437 g/mol. The summed E-state index contributed by atoms with van der Waals surface area (Å²) < 4.78 is 15.8. The quantitative estimate of drug-likeness (QED) is 0.589. The molecular weight excluding hydrogens is 408 g/mol. The van der Waals surface area contributed by atoms with Gasteiger partial charge in [0.15, 0.2) is 5.82 Å². The third kappa shape index (κ3) is 4.80. The van der Waals surface area contributed by atoms with E-state index < -0.39 is 0 Å². The minimum absolute atomic E-state index is 0.0228. The fraction of sp³-hybridized carbons (Fsp3) is 0.333. The molecule has 8 nitrogen and oxygen atoms in total. The molecule has 0 bridgehead atoms. The van der Waals surface area contributed by atoms with E-state index in [1.54, 1.807) is 39.5 Å². The fourth-order valence-electron chi connectivity index (χ4n) is 3.90. The number of methoxy groups -OCH3 is 3. The first-order valence-electron chi connectivity index (χ1n) is 10.6. The lowest BCUT2D eigenvalue weighted by Gasteiger charge is -2.33. The summed E-state index contributed by atoms with van der Waals surface area (Å²) in [6, 6.07) is 15.1. The van der Waals surface area contributed by atoms with Crippen LogP contribution in [-0.2, 0) is 0 Å². The molecule has 32 heavy (non-hydrogen) atoms. The number of anilines is 1. The standard InChI is InChI=1S/C24H28N4O4/c1-30-19-8-6-16(7-9-19)22-14-23(27-26-22)28-10-4-5-18(15-28)25-24(29)17-11-20(31-2)13-21(12-17)32-3/h6-9,11-14,18H,4-5,10,15H2,1-3H3,(H,25,29)(H,26,27). The molecule has 3 aromatic rings. The van der Waals surface area contributed by atoms with E-state index >= 15 is 0 Å². The van der Waals surface area contributed by atoms with Gasteiger partial charge in [-0.1, -0.05) is 0 Å². The van der Waals surface area contributed by atoms with Crippen LogP contribution in [0.5, 0.6) is 17.2 Å². The van der Waals surface area contributed by atoms with Crippen molar-refractivity contribution in [3.8, 4) is 28.5 Å². The minimum atomic E-state index is -0.144. The van der Waals surface area contributed by atoms with E-state index in [4.69, 9.17) is 14.2 Å². The Morgan fingerprint density at radius 3 is 2.34 bits per heavy atom. The second-order valence-corrected chi connectivity index (χ2v) is 7.73. The van der Waals surface area contributed by atoms with Gasteiger partial charge in [-0.05, 0) is 54.8 Å². The van der Waals surface area contributed by atoms with Crippen molar-refractivity contribution >= 4 is 11.7 Å². The molecule has 1 aliphatic rings. The number of rotatable bonds is 7. The second kappa shape index (κ2) is 9.64. The Labute approximate surface area is 187 Å². The lowest BCUT2D eigenvalue weighted by molar-refractivity contribution is 0.0932. The van der Waals surface area contributed by atoms with Crippen molar-refractivity contribution in [1.82, 2.24) is 15.5 Å². The van der Waals surface area contributed by atoms with Crippen LogP contribution in [0.15, 0.2) is 48.5 Å². The normalized spacial score (nSPS) is 15.8. The van der Waals surface area contributed by atoms with Crippen LogP contribution in [-0.4, -0.2) is 56.6 Å². The van der Waals surface area contributed by atoms with Gasteiger partial charge >= 0.3 is 0 Å². The van der Waals surface area contributed by atoms with Crippen LogP contribution < -0.4 is 24.4 Å². The molecule has 0 radical (unpaired) electrons. The van der Waals surface area contributed by atoms with Crippen molar-refractivity contribution in [3.05, 3.63) is 54.1 Å². The third-order valence-corrected chi connectivity index (χ3v) is 5.66. The number of piperidine rings is 1. The van der Waals surface area contributed by atoms with Gasteiger partial charge in [-0.15, -0.1) is 0 Å². The molecule has 168 valence electrons. The van der Waals surface area contributed by atoms with Crippen LogP contribution in [0.25, 0.3) is 11.3 Å². The van der Waals surface area contributed by atoms with E-state index in [2.05, 4.69) is 20.4 Å². The van der Waals surface area contributed by atoms with Crippen LogP contribution in [0.4, 0.5) is 5.82 Å². The molecule has 1 unspecified atom stereocenters. The number of H-pyrrole nitrogens is 1. The van der Waals surface area contributed by atoms with Crippen molar-refractivity contribution in [3.63, 3.8) is 0 Å². The first-order chi connectivity index (χ1) is 15.6. The second-order valence-electron chi connectivity index (χ2n) is 7.73. The maximum absolute atomic E-state index is 12.9. The van der Waals surface area contributed by atoms with Crippen LogP contribution in [0.2, 0.25) is 0 Å². The molecule has 1 fully saturated rings. The first-order valence-corrected chi connectivity index (χ1v) is 10.6. The molecule has 0 spiro atoms. The van der Waals surface area contributed by atoms with Crippen molar-refractivity contribution in [2.45, 2.75) is 18.9 Å². The molecule has 2 aromatic carbocycles. The third-order valence-electron chi connectivity index (χ3n) is 5.66. The van der Waals surface area contributed by atoms with E-state index in [1.165, 1.54) is 0 Å². The van der Waals surface area contributed by atoms with E-state index in [9.17, 15) is 4.79 Å². The summed E-state index contributed by atoms with van der Waals surface area (Å²) in [4.78, 5) is 15.1. The highest BCUT2D eigenvalue weighted by atomic mass is 16.5. The van der Waals surface area contributed by atoms with Crippen LogP contribution in [0.1, 0.15) is 23.2 Å². The number of hydrogen-bond acceptors (Lipinski definition) is 6. The topological polar surface area (TPSA) is 88.7 Å².